The van der Waals surface area contributed by atoms with E-state index in [1.54, 1.807) is 0 Å². The normalized spacial score (nSPS) is 10.6. The average Bonchev–Trinajstić information content (AvgIpc) is 2.42. The molecule has 0 fully saturated rings. The van der Waals surface area contributed by atoms with E-state index >= 15 is 0 Å². The summed E-state index contributed by atoms with van der Waals surface area (Å²) < 4.78 is 6.06. The van der Waals surface area contributed by atoms with Crippen molar-refractivity contribution in [3.63, 3.8) is 0 Å². The number of benzene rings is 2. The number of ether oxygens (including phenoxy) is 1. The van der Waals surface area contributed by atoms with Crippen molar-refractivity contribution in [1.82, 2.24) is 5.32 Å². The molecule has 0 aliphatic carbocycles. The van der Waals surface area contributed by atoms with E-state index in [9.17, 15) is 0 Å². The number of nitrogens with one attached hydrogen (secondary N) is 1. The minimum Gasteiger partial charge on any atom is -0.488 e. The van der Waals surface area contributed by atoms with Crippen LogP contribution in [0.2, 0.25) is 0 Å². The van der Waals surface area contributed by atoms with Gasteiger partial charge in [0, 0.05) is 12.1 Å². The molecule has 0 atom stereocenters. The molecule has 106 valence electrons. The van der Waals surface area contributed by atoms with Gasteiger partial charge in [0.2, 0.25) is 0 Å². The fourth-order valence-corrected chi connectivity index (χ4v) is 2.30. The lowest BCUT2D eigenvalue weighted by Crippen LogP contribution is -2.08. The molecule has 2 aromatic carbocycles. The van der Waals surface area contributed by atoms with Gasteiger partial charge in [0.05, 0.1) is 0 Å². The fourth-order valence-electron chi connectivity index (χ4n) is 2.30. The van der Waals surface area contributed by atoms with E-state index in [4.69, 9.17) is 4.74 Å². The molecule has 0 aromatic heterocycles. The average molecular weight is 269 g/mol. The van der Waals surface area contributed by atoms with Crippen LogP contribution in [0, 0.1) is 20.8 Å². The first kappa shape index (κ1) is 14.6. The maximum atomic E-state index is 6.06. The number of para-hydroxylation sites is 1. The van der Waals surface area contributed by atoms with Gasteiger partial charge in [-0.25, -0.2) is 0 Å². The van der Waals surface area contributed by atoms with Crippen LogP contribution in [0.5, 0.6) is 5.75 Å². The van der Waals surface area contributed by atoms with Crippen LogP contribution in [0.3, 0.4) is 0 Å². The predicted molar refractivity (Wildman–Crippen MR) is 84.2 cm³/mol. The Labute approximate surface area is 121 Å². The Hall–Kier alpha value is -1.80. The Morgan fingerprint density at radius 3 is 2.45 bits per heavy atom. The van der Waals surface area contributed by atoms with Gasteiger partial charge >= 0.3 is 0 Å². The van der Waals surface area contributed by atoms with Gasteiger partial charge in [0.15, 0.2) is 0 Å². The monoisotopic (exact) mass is 269 g/mol. The zero-order valence-electron chi connectivity index (χ0n) is 12.8. The Morgan fingerprint density at radius 2 is 1.75 bits per heavy atom. The molecule has 2 aromatic rings. The summed E-state index contributed by atoms with van der Waals surface area (Å²) in [5.74, 6) is 1.00. The highest BCUT2D eigenvalue weighted by Gasteiger charge is 2.07. The van der Waals surface area contributed by atoms with Gasteiger partial charge in [0.1, 0.15) is 12.4 Å². The molecular weight excluding hydrogens is 246 g/mol. The number of hydrogen-bond acceptors (Lipinski definition) is 2. The third kappa shape index (κ3) is 3.40. The molecule has 0 spiro atoms. The molecule has 0 bridgehead atoms. The van der Waals surface area contributed by atoms with Crippen LogP contribution in [-0.2, 0) is 13.2 Å². The van der Waals surface area contributed by atoms with E-state index in [0.717, 1.165) is 12.3 Å². The van der Waals surface area contributed by atoms with E-state index < -0.39 is 0 Å². The van der Waals surface area contributed by atoms with E-state index in [0.29, 0.717) is 6.61 Å². The van der Waals surface area contributed by atoms with E-state index in [2.05, 4.69) is 62.5 Å². The molecular formula is C18H23NO. The molecule has 2 heteroatoms. The summed E-state index contributed by atoms with van der Waals surface area (Å²) >= 11 is 0. The molecule has 0 heterocycles. The number of aryl methyl sites for hydroxylation is 3. The van der Waals surface area contributed by atoms with Crippen LogP contribution in [-0.4, -0.2) is 7.05 Å². The summed E-state index contributed by atoms with van der Waals surface area (Å²) in [6.07, 6.45) is 0. The van der Waals surface area contributed by atoms with Crippen molar-refractivity contribution in [3.8, 4) is 5.75 Å². The van der Waals surface area contributed by atoms with Gasteiger partial charge in [-0.05, 0) is 50.1 Å². The fraction of sp³-hybridized carbons (Fsp3) is 0.333. The molecule has 1 N–H and O–H groups in total. The summed E-state index contributed by atoms with van der Waals surface area (Å²) in [5, 5.41) is 3.19. The molecule has 2 nitrogen and oxygen atoms in total. The molecule has 0 radical (unpaired) electrons. The maximum absolute atomic E-state index is 6.06. The predicted octanol–water partition coefficient (Wildman–Crippen LogP) is 3.91. The van der Waals surface area contributed by atoms with Crippen molar-refractivity contribution < 1.29 is 4.74 Å². The largest absolute Gasteiger partial charge is 0.488 e. The Bertz CT molecular complexity index is 590. The standard InChI is InChI=1S/C18H23NO/c1-13-8-9-16(10-15(13)3)12-20-18-14(2)6-5-7-17(18)11-19-4/h5-10,19H,11-12H2,1-4H3. The molecule has 0 saturated heterocycles. The zero-order chi connectivity index (χ0) is 14.5. The van der Waals surface area contributed by atoms with Gasteiger partial charge in [-0.1, -0.05) is 36.4 Å². The van der Waals surface area contributed by atoms with Crippen LogP contribution in [0.4, 0.5) is 0 Å². The molecule has 0 aliphatic rings. The lowest BCUT2D eigenvalue weighted by atomic mass is 10.1. The van der Waals surface area contributed by atoms with E-state index in [1.165, 1.54) is 27.8 Å². The van der Waals surface area contributed by atoms with Crippen molar-refractivity contribution in [2.75, 3.05) is 7.05 Å². The lowest BCUT2D eigenvalue weighted by Gasteiger charge is -2.14. The highest BCUT2D eigenvalue weighted by Crippen LogP contribution is 2.24. The highest BCUT2D eigenvalue weighted by atomic mass is 16.5. The minimum absolute atomic E-state index is 0.614. The van der Waals surface area contributed by atoms with Crippen molar-refractivity contribution in [2.24, 2.45) is 0 Å². The first-order chi connectivity index (χ1) is 9.61. The number of rotatable bonds is 5. The second-order valence-electron chi connectivity index (χ2n) is 5.30. The molecule has 2 rings (SSSR count). The van der Waals surface area contributed by atoms with Crippen LogP contribution < -0.4 is 10.1 Å². The Balaban J connectivity index is 2.15. The molecule has 0 aliphatic heterocycles. The first-order valence-electron chi connectivity index (χ1n) is 7.04. The van der Waals surface area contributed by atoms with Crippen LogP contribution in [0.1, 0.15) is 27.8 Å². The van der Waals surface area contributed by atoms with Crippen LogP contribution in [0.25, 0.3) is 0 Å². The van der Waals surface area contributed by atoms with Gasteiger partial charge in [0.25, 0.3) is 0 Å². The minimum atomic E-state index is 0.614. The van der Waals surface area contributed by atoms with Crippen molar-refractivity contribution in [1.29, 1.82) is 0 Å². The topological polar surface area (TPSA) is 21.3 Å². The van der Waals surface area contributed by atoms with Gasteiger partial charge < -0.3 is 10.1 Å². The molecule has 0 unspecified atom stereocenters. The molecule has 0 amide bonds. The van der Waals surface area contributed by atoms with E-state index in [1.807, 2.05) is 7.05 Å². The van der Waals surface area contributed by atoms with Gasteiger partial charge in [-0.15, -0.1) is 0 Å². The lowest BCUT2D eigenvalue weighted by molar-refractivity contribution is 0.300. The summed E-state index contributed by atoms with van der Waals surface area (Å²) in [6.45, 7) is 7.80. The molecule has 20 heavy (non-hydrogen) atoms. The second kappa shape index (κ2) is 6.58. The Morgan fingerprint density at radius 1 is 0.950 bits per heavy atom. The third-order valence-electron chi connectivity index (χ3n) is 3.62. The Kier molecular flexibility index (Phi) is 4.80. The van der Waals surface area contributed by atoms with Crippen molar-refractivity contribution in [2.45, 2.75) is 33.9 Å². The SMILES string of the molecule is CNCc1cccc(C)c1OCc1ccc(C)c(C)c1. The van der Waals surface area contributed by atoms with Gasteiger partial charge in [-0.3, -0.25) is 0 Å². The maximum Gasteiger partial charge on any atom is 0.127 e. The summed E-state index contributed by atoms with van der Waals surface area (Å²) in [4.78, 5) is 0. The van der Waals surface area contributed by atoms with Crippen molar-refractivity contribution >= 4 is 0 Å². The highest BCUT2D eigenvalue weighted by molar-refractivity contribution is 5.41. The smallest absolute Gasteiger partial charge is 0.127 e. The van der Waals surface area contributed by atoms with Crippen LogP contribution >= 0.6 is 0 Å². The second-order valence-corrected chi connectivity index (χ2v) is 5.30. The van der Waals surface area contributed by atoms with Crippen molar-refractivity contribution in [3.05, 3.63) is 64.2 Å². The number of hydrogen-bond donors (Lipinski definition) is 1. The summed E-state index contributed by atoms with van der Waals surface area (Å²) in [6, 6.07) is 12.8. The third-order valence-corrected chi connectivity index (χ3v) is 3.62. The van der Waals surface area contributed by atoms with E-state index in [-0.39, 0.29) is 0 Å². The van der Waals surface area contributed by atoms with Gasteiger partial charge in [-0.2, -0.15) is 0 Å². The quantitative estimate of drug-likeness (QED) is 0.888. The zero-order valence-corrected chi connectivity index (χ0v) is 12.8. The summed E-state index contributed by atoms with van der Waals surface area (Å²) in [7, 11) is 1.95. The molecule has 0 saturated carbocycles. The summed E-state index contributed by atoms with van der Waals surface area (Å²) in [5.41, 5.74) is 6.23. The first-order valence-corrected chi connectivity index (χ1v) is 7.04. The van der Waals surface area contributed by atoms with Crippen LogP contribution in [0.15, 0.2) is 36.4 Å².